The van der Waals surface area contributed by atoms with Crippen LogP contribution in [0.5, 0.6) is 0 Å². The molecule has 4 rings (SSSR count). The maximum absolute atomic E-state index is 14.5. The van der Waals surface area contributed by atoms with Gasteiger partial charge in [-0.15, -0.1) is 0 Å². The van der Waals surface area contributed by atoms with Gasteiger partial charge in [-0.25, -0.2) is 19.2 Å². The fourth-order valence-corrected chi connectivity index (χ4v) is 10.7. The highest BCUT2D eigenvalue weighted by Gasteiger charge is 2.44. The van der Waals surface area contributed by atoms with Crippen molar-refractivity contribution in [2.24, 2.45) is 0 Å². The molecule has 3 aliphatic heterocycles. The Morgan fingerprint density at radius 3 is 1.14 bits per heavy atom. The summed E-state index contributed by atoms with van der Waals surface area (Å²) in [5, 5.41) is 14.3. The molecule has 0 amide bonds. The van der Waals surface area contributed by atoms with Crippen LogP contribution in [0.1, 0.15) is 210 Å². The van der Waals surface area contributed by atoms with E-state index < -0.39 is 48.3 Å². The normalized spacial score (nSPS) is 23.1. The number of hydrogen-bond donors (Lipinski definition) is 4. The van der Waals surface area contributed by atoms with Gasteiger partial charge in [0.1, 0.15) is 24.4 Å². The summed E-state index contributed by atoms with van der Waals surface area (Å²) in [7, 11) is 0. The van der Waals surface area contributed by atoms with E-state index in [1.807, 2.05) is 13.8 Å². The number of nitrogens with one attached hydrogen (secondary N) is 4. The van der Waals surface area contributed by atoms with E-state index >= 15 is 0 Å². The van der Waals surface area contributed by atoms with Crippen molar-refractivity contribution in [3.05, 3.63) is 34.4 Å². The lowest BCUT2D eigenvalue weighted by atomic mass is 9.81. The van der Waals surface area contributed by atoms with E-state index in [0.29, 0.717) is 51.4 Å². The zero-order valence-electron chi connectivity index (χ0n) is 39.3. The van der Waals surface area contributed by atoms with E-state index in [0.717, 1.165) is 13.0 Å². The molecule has 334 valence electrons. The summed E-state index contributed by atoms with van der Waals surface area (Å²) in [4.78, 5) is 58.1. The van der Waals surface area contributed by atoms with Crippen molar-refractivity contribution in [3.63, 3.8) is 0 Å². The zero-order valence-corrected chi connectivity index (χ0v) is 39.3. The first-order chi connectivity index (χ1) is 26.8. The van der Waals surface area contributed by atoms with Crippen molar-refractivity contribution in [2.45, 2.75) is 232 Å². The lowest BCUT2D eigenvalue weighted by Crippen LogP contribution is -2.60. The fourth-order valence-electron chi connectivity index (χ4n) is 10.7. The number of hydrogen-bond acceptors (Lipinski definition) is 12. The number of rotatable bonds is 14. The van der Waals surface area contributed by atoms with Gasteiger partial charge in [0.2, 0.25) is 0 Å². The Bertz CT molecular complexity index is 1660. The Labute approximate surface area is 355 Å². The number of benzene rings is 1. The molecular formula is C47H78N4O8. The SMILES string of the molecule is CCCC(CC(C)(C)NCC)OC(=O)c1cc(C(=O)OC2CC(C)(C)NC(C)(C)C2)c(C(=O)OC2CC(C)(C)NC(C)(C)C2)cc1C(=O)OC1CC(C)(C)NC(C)(C)C1. The van der Waals surface area contributed by atoms with Crippen LogP contribution in [-0.2, 0) is 18.9 Å². The highest BCUT2D eigenvalue weighted by atomic mass is 16.6. The molecule has 3 saturated heterocycles. The Hall–Kier alpha value is -3.06. The van der Waals surface area contributed by atoms with Crippen LogP contribution in [0.2, 0.25) is 0 Å². The van der Waals surface area contributed by atoms with Gasteiger partial charge in [-0.05, 0) is 122 Å². The minimum absolute atomic E-state index is 0.163. The first-order valence-electron chi connectivity index (χ1n) is 22.0. The van der Waals surface area contributed by atoms with Gasteiger partial charge in [0.05, 0.1) is 22.3 Å². The lowest BCUT2D eigenvalue weighted by molar-refractivity contribution is -0.0110. The molecule has 1 unspecified atom stereocenters. The third-order valence-corrected chi connectivity index (χ3v) is 11.6. The second kappa shape index (κ2) is 17.7. The van der Waals surface area contributed by atoms with Crippen LogP contribution in [0.25, 0.3) is 0 Å². The van der Waals surface area contributed by atoms with Crippen LogP contribution in [0.4, 0.5) is 0 Å². The molecule has 0 bridgehead atoms. The average molecular weight is 827 g/mol. The maximum Gasteiger partial charge on any atom is 0.339 e. The van der Waals surface area contributed by atoms with Crippen LogP contribution in [0.3, 0.4) is 0 Å². The van der Waals surface area contributed by atoms with Gasteiger partial charge in [-0.2, -0.15) is 0 Å². The molecule has 1 atom stereocenters. The summed E-state index contributed by atoms with van der Waals surface area (Å²) in [6, 6.07) is 2.58. The summed E-state index contributed by atoms with van der Waals surface area (Å²) in [5.41, 5.74) is -3.01. The van der Waals surface area contributed by atoms with Crippen molar-refractivity contribution >= 4 is 23.9 Å². The van der Waals surface area contributed by atoms with E-state index in [1.54, 1.807) is 0 Å². The summed E-state index contributed by atoms with van der Waals surface area (Å²) in [6.07, 6.45) is 3.08. The van der Waals surface area contributed by atoms with E-state index in [4.69, 9.17) is 18.9 Å². The van der Waals surface area contributed by atoms with Gasteiger partial charge < -0.3 is 40.2 Å². The van der Waals surface area contributed by atoms with Gasteiger partial charge in [0.25, 0.3) is 0 Å². The molecule has 59 heavy (non-hydrogen) atoms. The van der Waals surface area contributed by atoms with Crippen molar-refractivity contribution in [2.75, 3.05) is 6.54 Å². The van der Waals surface area contributed by atoms with Crippen LogP contribution < -0.4 is 21.3 Å². The van der Waals surface area contributed by atoms with Gasteiger partial charge in [-0.3, -0.25) is 0 Å². The Morgan fingerprint density at radius 1 is 0.576 bits per heavy atom. The summed E-state index contributed by atoms with van der Waals surface area (Å²) in [6.45, 7) is 33.6. The quantitative estimate of drug-likeness (QED) is 0.106. The predicted octanol–water partition coefficient (Wildman–Crippen LogP) is 8.19. The summed E-state index contributed by atoms with van der Waals surface area (Å²) >= 11 is 0. The predicted molar refractivity (Wildman–Crippen MR) is 232 cm³/mol. The molecular weight excluding hydrogens is 749 g/mol. The van der Waals surface area contributed by atoms with Crippen molar-refractivity contribution in [3.8, 4) is 0 Å². The molecule has 12 nitrogen and oxygen atoms in total. The average Bonchev–Trinajstić information content (AvgIpc) is 2.99. The van der Waals surface area contributed by atoms with E-state index in [2.05, 4.69) is 118 Å². The van der Waals surface area contributed by atoms with Crippen LogP contribution in [-0.4, -0.2) is 93.6 Å². The summed E-state index contributed by atoms with van der Waals surface area (Å²) < 4.78 is 24.9. The summed E-state index contributed by atoms with van der Waals surface area (Å²) in [5.74, 6) is -3.13. The first kappa shape index (κ1) is 48.6. The second-order valence-corrected chi connectivity index (χ2v) is 22.4. The van der Waals surface area contributed by atoms with E-state index in [-0.39, 0.29) is 61.0 Å². The van der Waals surface area contributed by atoms with Crippen LogP contribution in [0, 0.1) is 0 Å². The third kappa shape index (κ3) is 14.0. The largest absolute Gasteiger partial charge is 0.459 e. The van der Waals surface area contributed by atoms with Crippen LogP contribution >= 0.6 is 0 Å². The first-order valence-corrected chi connectivity index (χ1v) is 22.0. The molecule has 0 radical (unpaired) electrons. The van der Waals surface area contributed by atoms with Gasteiger partial charge in [-0.1, -0.05) is 20.3 Å². The fraction of sp³-hybridized carbons (Fsp3) is 0.787. The number of ether oxygens (including phenoxy) is 4. The van der Waals surface area contributed by atoms with E-state index in [1.165, 1.54) is 12.1 Å². The maximum atomic E-state index is 14.5. The molecule has 0 spiro atoms. The Kier molecular flexibility index (Phi) is 14.6. The number of carbonyl (C=O) groups excluding carboxylic acids is 4. The Balaban J connectivity index is 1.86. The standard InChI is InChI=1S/C47H78N4O8/c1-17-19-29(22-41(3,4)48-18-2)56-37(52)33-20-35(39(54)58-31-25-44(9,10)50-45(11,12)26-31)36(40(55)59-32-27-46(13,14)51-47(15,16)28-32)21-34(33)38(53)57-30-23-42(5,6)49-43(7,8)24-30/h20-21,29-32,48-51H,17-19,22-28H2,1-16H3. The number of piperidine rings is 3. The highest BCUT2D eigenvalue weighted by molar-refractivity contribution is 6.10. The van der Waals surface area contributed by atoms with Crippen molar-refractivity contribution < 1.29 is 38.1 Å². The molecule has 3 aliphatic rings. The molecule has 12 heteroatoms. The number of esters is 4. The molecule has 0 saturated carbocycles. The van der Waals surface area contributed by atoms with Crippen LogP contribution in [0.15, 0.2) is 12.1 Å². The number of carbonyl (C=O) groups is 4. The molecule has 0 aliphatic carbocycles. The smallest absolute Gasteiger partial charge is 0.339 e. The van der Waals surface area contributed by atoms with Crippen molar-refractivity contribution in [1.82, 2.24) is 21.3 Å². The van der Waals surface area contributed by atoms with Gasteiger partial charge in [0.15, 0.2) is 0 Å². The Morgan fingerprint density at radius 2 is 0.864 bits per heavy atom. The molecule has 3 heterocycles. The highest BCUT2D eigenvalue weighted by Crippen LogP contribution is 2.35. The molecule has 1 aromatic carbocycles. The molecule has 3 fully saturated rings. The van der Waals surface area contributed by atoms with Gasteiger partial charge in [0, 0.05) is 83.7 Å². The molecule has 1 aromatic rings. The van der Waals surface area contributed by atoms with E-state index in [9.17, 15) is 19.2 Å². The zero-order chi connectivity index (χ0) is 44.6. The second-order valence-electron chi connectivity index (χ2n) is 22.4. The minimum atomic E-state index is -0.784. The molecule has 4 N–H and O–H groups in total. The third-order valence-electron chi connectivity index (χ3n) is 11.6. The minimum Gasteiger partial charge on any atom is -0.459 e. The monoisotopic (exact) mass is 827 g/mol. The molecule has 0 aromatic heterocycles. The van der Waals surface area contributed by atoms with Crippen molar-refractivity contribution in [1.29, 1.82) is 0 Å². The van der Waals surface area contributed by atoms with Gasteiger partial charge >= 0.3 is 23.9 Å². The lowest BCUT2D eigenvalue weighted by Gasteiger charge is -2.46. The topological polar surface area (TPSA) is 153 Å².